The first kappa shape index (κ1) is 17.9. The lowest BCUT2D eigenvalue weighted by molar-refractivity contribution is 0.194. The van der Waals surface area contributed by atoms with Crippen LogP contribution < -0.4 is 0 Å². The maximum absolute atomic E-state index is 11.9. The second-order valence-electron chi connectivity index (χ2n) is 6.60. The van der Waals surface area contributed by atoms with Gasteiger partial charge in [0.2, 0.25) is 0 Å². The molecule has 0 radical (unpaired) electrons. The highest BCUT2D eigenvalue weighted by atomic mass is 32.2. The van der Waals surface area contributed by atoms with Crippen molar-refractivity contribution in [1.82, 2.24) is 9.88 Å². The average molecular weight is 409 g/mol. The summed E-state index contributed by atoms with van der Waals surface area (Å²) in [5, 5.41) is 4.96. The van der Waals surface area contributed by atoms with Gasteiger partial charge in [-0.1, -0.05) is 6.07 Å². The van der Waals surface area contributed by atoms with E-state index >= 15 is 0 Å². The molecule has 4 heterocycles. The van der Waals surface area contributed by atoms with Crippen molar-refractivity contribution in [2.45, 2.75) is 32.5 Å². The smallest absolute Gasteiger partial charge is 0.162 e. The first-order chi connectivity index (χ1) is 12.5. The van der Waals surface area contributed by atoms with Gasteiger partial charge in [-0.25, -0.2) is 13.4 Å². The molecule has 26 heavy (non-hydrogen) atoms. The largest absolute Gasteiger partial charge is 0.459 e. The Labute approximate surface area is 161 Å². The number of thiazole rings is 1. The number of furan rings is 1. The Bertz CT molecular complexity index is 973. The molecule has 0 aliphatic carbocycles. The third-order valence-corrected chi connectivity index (χ3v) is 8.05. The van der Waals surface area contributed by atoms with Gasteiger partial charge in [-0.3, -0.25) is 4.90 Å². The zero-order valence-corrected chi connectivity index (χ0v) is 16.9. The minimum absolute atomic E-state index is 0.0538. The molecule has 0 spiro atoms. The van der Waals surface area contributed by atoms with Crippen molar-refractivity contribution >= 4 is 32.5 Å². The summed E-state index contributed by atoms with van der Waals surface area (Å²) < 4.78 is 29.5. The maximum Gasteiger partial charge on any atom is 0.162 e. The van der Waals surface area contributed by atoms with Crippen molar-refractivity contribution < 1.29 is 12.8 Å². The topological polar surface area (TPSA) is 63.4 Å². The minimum Gasteiger partial charge on any atom is -0.459 e. The molecule has 0 aromatic carbocycles. The van der Waals surface area contributed by atoms with Gasteiger partial charge in [0.05, 0.1) is 17.2 Å². The highest BCUT2D eigenvalue weighted by Crippen LogP contribution is 2.28. The van der Waals surface area contributed by atoms with Crippen molar-refractivity contribution in [2.24, 2.45) is 0 Å². The number of hydrogen-bond donors (Lipinski definition) is 0. The van der Waals surface area contributed by atoms with E-state index in [2.05, 4.69) is 16.3 Å². The summed E-state index contributed by atoms with van der Waals surface area (Å²) in [6, 6.07) is 8.05. The van der Waals surface area contributed by atoms with Crippen LogP contribution in [0.25, 0.3) is 10.8 Å². The summed E-state index contributed by atoms with van der Waals surface area (Å²) in [5.41, 5.74) is 0.958. The second kappa shape index (κ2) is 7.26. The van der Waals surface area contributed by atoms with E-state index in [-0.39, 0.29) is 17.5 Å². The van der Waals surface area contributed by atoms with Crippen LogP contribution >= 0.6 is 22.7 Å². The summed E-state index contributed by atoms with van der Waals surface area (Å²) in [6.45, 7) is 3.32. The molecular formula is C18H20N2O3S3. The molecule has 0 N–H and O–H groups in total. The highest BCUT2D eigenvalue weighted by Gasteiger charge is 2.32. The van der Waals surface area contributed by atoms with Crippen molar-refractivity contribution in [3.63, 3.8) is 0 Å². The van der Waals surface area contributed by atoms with Crippen LogP contribution in [0.1, 0.15) is 22.8 Å². The number of aryl methyl sites for hydroxylation is 1. The van der Waals surface area contributed by atoms with E-state index in [1.165, 1.54) is 4.88 Å². The first-order valence-corrected chi connectivity index (χ1v) is 12.0. The summed E-state index contributed by atoms with van der Waals surface area (Å²) in [6.07, 6.45) is 0.697. The number of aromatic nitrogens is 1. The number of nitrogens with zero attached hydrogens (tertiary/aromatic N) is 2. The monoisotopic (exact) mass is 408 g/mol. The van der Waals surface area contributed by atoms with Gasteiger partial charge in [0.1, 0.15) is 5.76 Å². The lowest BCUT2D eigenvalue weighted by atomic mass is 10.2. The number of sulfone groups is 1. The van der Waals surface area contributed by atoms with E-state index in [0.29, 0.717) is 13.0 Å². The molecule has 1 aliphatic heterocycles. The molecule has 1 saturated heterocycles. The molecule has 138 valence electrons. The normalized spacial score (nSPS) is 19.4. The molecular weight excluding hydrogens is 388 g/mol. The number of rotatable bonds is 6. The van der Waals surface area contributed by atoms with Crippen molar-refractivity contribution in [3.8, 4) is 10.8 Å². The third-order valence-electron chi connectivity index (χ3n) is 4.53. The zero-order chi connectivity index (χ0) is 18.1. The Balaban J connectivity index is 1.53. The van der Waals surface area contributed by atoms with Crippen LogP contribution in [0, 0.1) is 6.92 Å². The fraction of sp³-hybridized carbons (Fsp3) is 0.389. The Kier molecular flexibility index (Phi) is 5.00. The van der Waals surface area contributed by atoms with Gasteiger partial charge in [0.25, 0.3) is 0 Å². The van der Waals surface area contributed by atoms with Gasteiger partial charge in [0.15, 0.2) is 20.6 Å². The standard InChI is InChI=1S/C18H20N2O3S3/c1-13-4-5-17(23-13)18-19-14(11-25-18)9-20(10-16-3-2-7-24-16)15-6-8-26(21,22)12-15/h2-5,7,11,15H,6,8-10,12H2,1H3/t15-/m0/s1. The molecule has 1 fully saturated rings. The quantitative estimate of drug-likeness (QED) is 0.618. The second-order valence-corrected chi connectivity index (χ2v) is 10.7. The Morgan fingerprint density at radius 3 is 2.81 bits per heavy atom. The van der Waals surface area contributed by atoms with Crippen molar-refractivity contribution in [3.05, 3.63) is 51.4 Å². The fourth-order valence-corrected chi connectivity index (χ4v) is 6.49. The predicted molar refractivity (Wildman–Crippen MR) is 105 cm³/mol. The van der Waals surface area contributed by atoms with Crippen LogP contribution in [0.3, 0.4) is 0 Å². The van der Waals surface area contributed by atoms with E-state index in [9.17, 15) is 8.42 Å². The Hall–Kier alpha value is -1.48. The molecule has 1 atom stereocenters. The fourth-order valence-electron chi connectivity index (χ4n) is 3.23. The van der Waals surface area contributed by atoms with Gasteiger partial charge in [-0.15, -0.1) is 22.7 Å². The predicted octanol–water partition coefficient (Wildman–Crippen LogP) is 3.96. The molecule has 3 aromatic rings. The molecule has 3 aromatic heterocycles. The molecule has 1 aliphatic rings. The molecule has 5 nitrogen and oxygen atoms in total. The van der Waals surface area contributed by atoms with E-state index in [1.807, 2.05) is 30.5 Å². The maximum atomic E-state index is 11.9. The van der Waals surface area contributed by atoms with E-state index in [4.69, 9.17) is 9.40 Å². The molecule has 0 saturated carbocycles. The average Bonchev–Trinajstić information content (AvgIpc) is 3.34. The number of thiophene rings is 1. The van der Waals surface area contributed by atoms with Crippen LogP contribution in [-0.2, 0) is 22.9 Å². The molecule has 8 heteroatoms. The SMILES string of the molecule is Cc1ccc(-c2nc(CN(Cc3cccs3)[C@H]3CCS(=O)(=O)C3)cs2)o1. The molecule has 0 amide bonds. The van der Waals surface area contributed by atoms with Crippen LogP contribution in [0.15, 0.2) is 39.4 Å². The molecule has 0 unspecified atom stereocenters. The van der Waals surface area contributed by atoms with Crippen LogP contribution in [0.2, 0.25) is 0 Å². The lowest BCUT2D eigenvalue weighted by Gasteiger charge is -2.26. The number of hydrogen-bond acceptors (Lipinski definition) is 7. The van der Waals surface area contributed by atoms with Crippen LogP contribution in [0.4, 0.5) is 0 Å². The lowest BCUT2D eigenvalue weighted by Crippen LogP contribution is -2.35. The van der Waals surface area contributed by atoms with E-state index < -0.39 is 9.84 Å². The van der Waals surface area contributed by atoms with Gasteiger partial charge in [0, 0.05) is 29.4 Å². The van der Waals surface area contributed by atoms with Gasteiger partial charge >= 0.3 is 0 Å². The van der Waals surface area contributed by atoms with Gasteiger partial charge in [-0.2, -0.15) is 0 Å². The summed E-state index contributed by atoms with van der Waals surface area (Å²) in [4.78, 5) is 8.20. The van der Waals surface area contributed by atoms with Crippen molar-refractivity contribution in [2.75, 3.05) is 11.5 Å². The Morgan fingerprint density at radius 1 is 1.27 bits per heavy atom. The third kappa shape index (κ3) is 4.09. The van der Waals surface area contributed by atoms with Gasteiger partial charge in [-0.05, 0) is 36.9 Å². The summed E-state index contributed by atoms with van der Waals surface area (Å²) >= 11 is 3.26. The van der Waals surface area contributed by atoms with E-state index in [1.54, 1.807) is 22.7 Å². The van der Waals surface area contributed by atoms with Crippen molar-refractivity contribution in [1.29, 1.82) is 0 Å². The Morgan fingerprint density at radius 2 is 2.15 bits per heavy atom. The minimum atomic E-state index is -2.92. The highest BCUT2D eigenvalue weighted by molar-refractivity contribution is 7.91. The summed E-state index contributed by atoms with van der Waals surface area (Å²) in [7, 11) is -2.92. The van der Waals surface area contributed by atoms with E-state index in [0.717, 1.165) is 28.8 Å². The molecule has 4 rings (SSSR count). The first-order valence-electron chi connectivity index (χ1n) is 8.46. The van der Waals surface area contributed by atoms with Crippen LogP contribution in [0.5, 0.6) is 0 Å². The zero-order valence-electron chi connectivity index (χ0n) is 14.4. The van der Waals surface area contributed by atoms with Crippen LogP contribution in [-0.4, -0.2) is 35.8 Å². The van der Waals surface area contributed by atoms with Gasteiger partial charge < -0.3 is 4.42 Å². The summed E-state index contributed by atoms with van der Waals surface area (Å²) in [5.74, 6) is 2.18. The molecule has 0 bridgehead atoms.